The summed E-state index contributed by atoms with van der Waals surface area (Å²) in [6, 6.07) is 8.39. The van der Waals surface area contributed by atoms with Crippen molar-refractivity contribution < 1.29 is 4.74 Å². The van der Waals surface area contributed by atoms with Gasteiger partial charge in [0.1, 0.15) is 0 Å². The predicted molar refractivity (Wildman–Crippen MR) is 128 cm³/mol. The molecule has 1 N–H and O–H groups in total. The van der Waals surface area contributed by atoms with Crippen molar-refractivity contribution in [2.24, 2.45) is 0 Å². The number of para-hydroxylation sites is 2. The Balaban J connectivity index is 1.59. The second-order valence-electron chi connectivity index (χ2n) is 8.70. The van der Waals surface area contributed by atoms with E-state index < -0.39 is 0 Å². The molecule has 0 radical (unpaired) electrons. The normalized spacial score (nSPS) is 11.5. The summed E-state index contributed by atoms with van der Waals surface area (Å²) in [5.41, 5.74) is 2.92. The second kappa shape index (κ2) is 15.3. The van der Waals surface area contributed by atoms with Gasteiger partial charge in [-0.15, -0.1) is 0 Å². The number of aryl methyl sites for hydroxylation is 1. The molecule has 0 aliphatic carbocycles. The smallest absolute Gasteiger partial charge is 0.203 e. The average Bonchev–Trinajstić information content (AvgIpc) is 3.03. The molecular formula is C26H45N3O. The van der Waals surface area contributed by atoms with Gasteiger partial charge in [0, 0.05) is 20.2 Å². The third-order valence-electron chi connectivity index (χ3n) is 6.23. The van der Waals surface area contributed by atoms with Gasteiger partial charge in [-0.3, -0.25) is 5.41 Å². The van der Waals surface area contributed by atoms with Crippen LogP contribution in [-0.4, -0.2) is 22.9 Å². The Morgan fingerprint density at radius 2 is 1.10 bits per heavy atom. The SMILES string of the molecule is CCCCCCCCCCCCCCCCn1c(=N)n(CCOC)c2ccccc21. The number of benzene rings is 1. The first-order chi connectivity index (χ1) is 14.8. The molecule has 0 unspecified atom stereocenters. The third-order valence-corrected chi connectivity index (χ3v) is 6.23. The van der Waals surface area contributed by atoms with Crippen LogP contribution in [0.15, 0.2) is 24.3 Å². The molecule has 0 fully saturated rings. The molecule has 4 heteroatoms. The number of hydrogen-bond acceptors (Lipinski definition) is 2. The summed E-state index contributed by atoms with van der Waals surface area (Å²) >= 11 is 0. The summed E-state index contributed by atoms with van der Waals surface area (Å²) in [5.74, 6) is 0. The predicted octanol–water partition coefficient (Wildman–Crippen LogP) is 7.05. The van der Waals surface area contributed by atoms with Gasteiger partial charge in [0.2, 0.25) is 5.62 Å². The largest absolute Gasteiger partial charge is 0.383 e. The highest BCUT2D eigenvalue weighted by Gasteiger charge is 2.09. The fraction of sp³-hybridized carbons (Fsp3) is 0.731. The number of nitrogens with zero attached hydrogens (tertiary/aromatic N) is 2. The first kappa shape index (κ1) is 24.7. The molecule has 30 heavy (non-hydrogen) atoms. The monoisotopic (exact) mass is 415 g/mol. The second-order valence-corrected chi connectivity index (χ2v) is 8.70. The molecule has 1 heterocycles. The van der Waals surface area contributed by atoms with E-state index in [2.05, 4.69) is 40.3 Å². The molecule has 2 rings (SSSR count). The summed E-state index contributed by atoms with van der Waals surface area (Å²) in [7, 11) is 1.72. The van der Waals surface area contributed by atoms with Gasteiger partial charge in [-0.2, -0.15) is 0 Å². The quantitative estimate of drug-likeness (QED) is 0.260. The number of imidazole rings is 1. The highest BCUT2D eigenvalue weighted by molar-refractivity contribution is 5.75. The van der Waals surface area contributed by atoms with E-state index in [1.807, 2.05) is 0 Å². The maximum atomic E-state index is 8.60. The van der Waals surface area contributed by atoms with Crippen LogP contribution in [0.25, 0.3) is 11.0 Å². The Bertz CT molecular complexity index is 746. The van der Waals surface area contributed by atoms with E-state index in [4.69, 9.17) is 10.1 Å². The molecule has 0 aliphatic rings. The lowest BCUT2D eigenvalue weighted by Gasteiger charge is -2.06. The van der Waals surface area contributed by atoms with Crippen molar-refractivity contribution in [3.05, 3.63) is 29.9 Å². The number of methoxy groups -OCH3 is 1. The van der Waals surface area contributed by atoms with Crippen LogP contribution in [-0.2, 0) is 17.8 Å². The van der Waals surface area contributed by atoms with Crippen LogP contribution in [0.3, 0.4) is 0 Å². The lowest BCUT2D eigenvalue weighted by atomic mass is 10.0. The van der Waals surface area contributed by atoms with Gasteiger partial charge in [0.05, 0.1) is 17.6 Å². The van der Waals surface area contributed by atoms with Crippen molar-refractivity contribution in [1.82, 2.24) is 9.13 Å². The number of unbranched alkanes of at least 4 members (excludes halogenated alkanes) is 13. The number of ether oxygens (including phenoxy) is 1. The van der Waals surface area contributed by atoms with Gasteiger partial charge < -0.3 is 13.9 Å². The van der Waals surface area contributed by atoms with E-state index in [1.54, 1.807) is 7.11 Å². The van der Waals surface area contributed by atoms with Gasteiger partial charge in [-0.25, -0.2) is 0 Å². The number of hydrogen-bond donors (Lipinski definition) is 1. The highest BCUT2D eigenvalue weighted by Crippen LogP contribution is 2.15. The molecule has 0 bridgehead atoms. The Morgan fingerprint density at radius 1 is 0.667 bits per heavy atom. The molecule has 0 atom stereocenters. The lowest BCUT2D eigenvalue weighted by molar-refractivity contribution is 0.186. The highest BCUT2D eigenvalue weighted by atomic mass is 16.5. The molecule has 1 aromatic carbocycles. The molecule has 0 saturated carbocycles. The standard InChI is InChI=1S/C26H45N3O/c1-3-4-5-6-7-8-9-10-11-12-13-14-15-18-21-28-24-19-16-17-20-25(24)29(26(28)27)22-23-30-2/h16-17,19-20,27H,3-15,18,21-23H2,1-2H3. The summed E-state index contributed by atoms with van der Waals surface area (Å²) in [5, 5.41) is 8.60. The molecule has 2 aromatic rings. The van der Waals surface area contributed by atoms with Crippen LogP contribution >= 0.6 is 0 Å². The number of nitrogens with one attached hydrogen (secondary N) is 1. The van der Waals surface area contributed by atoms with E-state index in [0.29, 0.717) is 12.2 Å². The van der Waals surface area contributed by atoms with Crippen LogP contribution in [0.4, 0.5) is 0 Å². The Morgan fingerprint density at radius 3 is 1.57 bits per heavy atom. The zero-order valence-electron chi connectivity index (χ0n) is 19.6. The van der Waals surface area contributed by atoms with Crippen molar-refractivity contribution in [2.75, 3.05) is 13.7 Å². The van der Waals surface area contributed by atoms with E-state index in [-0.39, 0.29) is 0 Å². The van der Waals surface area contributed by atoms with E-state index >= 15 is 0 Å². The molecule has 0 aliphatic heterocycles. The minimum Gasteiger partial charge on any atom is -0.383 e. The van der Waals surface area contributed by atoms with E-state index in [0.717, 1.165) is 25.0 Å². The fourth-order valence-corrected chi connectivity index (χ4v) is 4.39. The van der Waals surface area contributed by atoms with Crippen LogP contribution in [0.2, 0.25) is 0 Å². The third kappa shape index (κ3) is 8.29. The number of aromatic nitrogens is 2. The van der Waals surface area contributed by atoms with Gasteiger partial charge >= 0.3 is 0 Å². The van der Waals surface area contributed by atoms with Crippen molar-refractivity contribution in [1.29, 1.82) is 5.41 Å². The van der Waals surface area contributed by atoms with Crippen molar-refractivity contribution in [2.45, 2.75) is 110 Å². The minimum absolute atomic E-state index is 0.600. The van der Waals surface area contributed by atoms with Crippen LogP contribution in [0, 0.1) is 5.41 Å². The topological polar surface area (TPSA) is 42.9 Å². The Hall–Kier alpha value is -1.55. The summed E-state index contributed by atoms with van der Waals surface area (Å²) in [6.45, 7) is 4.61. The van der Waals surface area contributed by atoms with E-state index in [9.17, 15) is 0 Å². The maximum absolute atomic E-state index is 8.60. The fourth-order valence-electron chi connectivity index (χ4n) is 4.39. The molecular weight excluding hydrogens is 370 g/mol. The van der Waals surface area contributed by atoms with E-state index in [1.165, 1.54) is 89.0 Å². The van der Waals surface area contributed by atoms with Gasteiger partial charge in [-0.1, -0.05) is 103 Å². The molecule has 1 aromatic heterocycles. The molecule has 0 amide bonds. The van der Waals surface area contributed by atoms with Crippen LogP contribution in [0.1, 0.15) is 96.8 Å². The zero-order chi connectivity index (χ0) is 21.4. The van der Waals surface area contributed by atoms with Crippen LogP contribution < -0.4 is 5.62 Å². The Kier molecular flexibility index (Phi) is 12.6. The molecule has 4 nitrogen and oxygen atoms in total. The minimum atomic E-state index is 0.600. The van der Waals surface area contributed by atoms with Gasteiger partial charge in [0.15, 0.2) is 0 Å². The van der Waals surface area contributed by atoms with Gasteiger partial charge in [0.25, 0.3) is 0 Å². The molecule has 0 spiro atoms. The molecule has 0 saturated heterocycles. The summed E-state index contributed by atoms with van der Waals surface area (Å²) in [6.07, 6.45) is 19.3. The number of fused-ring (bicyclic) bond motifs is 1. The van der Waals surface area contributed by atoms with Crippen molar-refractivity contribution in [3.8, 4) is 0 Å². The molecule has 170 valence electrons. The first-order valence-corrected chi connectivity index (χ1v) is 12.5. The van der Waals surface area contributed by atoms with Crippen molar-refractivity contribution in [3.63, 3.8) is 0 Å². The zero-order valence-corrected chi connectivity index (χ0v) is 19.6. The first-order valence-electron chi connectivity index (χ1n) is 12.5. The average molecular weight is 416 g/mol. The Labute approximate surface area is 184 Å². The van der Waals surface area contributed by atoms with Crippen molar-refractivity contribution >= 4 is 11.0 Å². The van der Waals surface area contributed by atoms with Crippen LogP contribution in [0.5, 0.6) is 0 Å². The summed E-state index contributed by atoms with van der Waals surface area (Å²) in [4.78, 5) is 0. The maximum Gasteiger partial charge on any atom is 0.203 e. The summed E-state index contributed by atoms with van der Waals surface area (Å²) < 4.78 is 9.48. The van der Waals surface area contributed by atoms with Gasteiger partial charge in [-0.05, 0) is 18.6 Å². The lowest BCUT2D eigenvalue weighted by Crippen LogP contribution is -2.26. The number of rotatable bonds is 18.